The maximum absolute atomic E-state index is 13.9. The third-order valence-electron chi connectivity index (χ3n) is 7.14. The Kier molecular flexibility index (Phi) is 12.5. The van der Waals surface area contributed by atoms with E-state index < -0.39 is 12.1 Å². The van der Waals surface area contributed by atoms with Crippen molar-refractivity contribution in [3.05, 3.63) is 99.9 Å². The van der Waals surface area contributed by atoms with Crippen molar-refractivity contribution in [1.29, 1.82) is 0 Å². The number of aryl methyl sites for hydroxylation is 2. The lowest BCUT2D eigenvalue weighted by Crippen LogP contribution is -2.48. The molecule has 7 nitrogen and oxygen atoms in total. The Morgan fingerprint density at radius 3 is 2.33 bits per heavy atom. The summed E-state index contributed by atoms with van der Waals surface area (Å²) in [7, 11) is 1.61. The summed E-state index contributed by atoms with van der Waals surface area (Å²) in [6.07, 6.45) is 1.05. The molecule has 0 aromatic heterocycles. The van der Waals surface area contributed by atoms with E-state index in [4.69, 9.17) is 4.74 Å². The first kappa shape index (κ1) is 32.8. The molecule has 0 heterocycles. The predicted molar refractivity (Wildman–Crippen MR) is 164 cm³/mol. The summed E-state index contributed by atoms with van der Waals surface area (Å²) in [5.41, 5.74) is 3.89. The molecule has 2 amide bonds. The van der Waals surface area contributed by atoms with Gasteiger partial charge < -0.3 is 25.4 Å². The van der Waals surface area contributed by atoms with Crippen molar-refractivity contribution < 1.29 is 23.8 Å². The van der Waals surface area contributed by atoms with Crippen LogP contribution >= 0.6 is 0 Å². The predicted octanol–water partition coefficient (Wildman–Crippen LogP) is 5.21. The third kappa shape index (κ3) is 9.39. The monoisotopic (exact) mass is 577 g/mol. The van der Waals surface area contributed by atoms with Gasteiger partial charge in [0.25, 0.3) is 11.8 Å². The van der Waals surface area contributed by atoms with Gasteiger partial charge in [-0.2, -0.15) is 0 Å². The minimum absolute atomic E-state index is 0.100. The zero-order valence-electron chi connectivity index (χ0n) is 25.4. The molecule has 42 heavy (non-hydrogen) atoms. The summed E-state index contributed by atoms with van der Waals surface area (Å²) in [4.78, 5) is 28.6. The van der Waals surface area contributed by atoms with Crippen LogP contribution in [0.25, 0.3) is 0 Å². The molecule has 8 heteroatoms. The highest BCUT2D eigenvalue weighted by Crippen LogP contribution is 2.17. The highest BCUT2D eigenvalue weighted by molar-refractivity contribution is 6.00. The SMILES string of the molecule is CCCN(CCC)C(=O)c1cc(C)cc(C(=O)N[C@@H](Cc2ccc(F)c(C)c2)[C@H](O)CNCc2cccc(OC)c2)c1. The molecule has 0 fully saturated rings. The number of hydrogen-bond donors (Lipinski definition) is 3. The highest BCUT2D eigenvalue weighted by Gasteiger charge is 2.24. The van der Waals surface area contributed by atoms with Gasteiger partial charge >= 0.3 is 0 Å². The van der Waals surface area contributed by atoms with Crippen molar-refractivity contribution in [2.75, 3.05) is 26.7 Å². The van der Waals surface area contributed by atoms with Crippen molar-refractivity contribution in [1.82, 2.24) is 15.5 Å². The van der Waals surface area contributed by atoms with Gasteiger partial charge in [0, 0.05) is 37.3 Å². The van der Waals surface area contributed by atoms with Crippen LogP contribution in [0.5, 0.6) is 5.75 Å². The van der Waals surface area contributed by atoms with E-state index in [-0.39, 0.29) is 24.2 Å². The van der Waals surface area contributed by atoms with E-state index in [0.29, 0.717) is 42.7 Å². The third-order valence-corrected chi connectivity index (χ3v) is 7.14. The average molecular weight is 578 g/mol. The number of aliphatic hydroxyl groups excluding tert-OH is 1. The molecule has 0 bridgehead atoms. The summed E-state index contributed by atoms with van der Waals surface area (Å²) in [6, 6.07) is 16.9. The van der Waals surface area contributed by atoms with Gasteiger partial charge in [0.05, 0.1) is 19.3 Å². The minimum atomic E-state index is -0.944. The van der Waals surface area contributed by atoms with E-state index in [1.54, 1.807) is 44.4 Å². The fourth-order valence-electron chi connectivity index (χ4n) is 4.99. The summed E-state index contributed by atoms with van der Waals surface area (Å²) >= 11 is 0. The summed E-state index contributed by atoms with van der Waals surface area (Å²) in [5.74, 6) is -0.0512. The van der Waals surface area contributed by atoms with Crippen LogP contribution in [0.1, 0.15) is 69.7 Å². The Morgan fingerprint density at radius 1 is 0.952 bits per heavy atom. The van der Waals surface area contributed by atoms with Gasteiger partial charge in [-0.15, -0.1) is 0 Å². The number of nitrogens with one attached hydrogen (secondary N) is 2. The molecule has 0 saturated carbocycles. The van der Waals surface area contributed by atoms with Crippen LogP contribution in [0, 0.1) is 19.7 Å². The average Bonchev–Trinajstić information content (AvgIpc) is 2.97. The molecule has 0 aliphatic rings. The first-order chi connectivity index (χ1) is 20.1. The second-order valence-electron chi connectivity index (χ2n) is 10.8. The molecule has 3 aromatic rings. The van der Waals surface area contributed by atoms with Gasteiger partial charge in [-0.05, 0) is 91.8 Å². The molecule has 226 valence electrons. The van der Waals surface area contributed by atoms with Gasteiger partial charge in [-0.3, -0.25) is 9.59 Å². The van der Waals surface area contributed by atoms with Gasteiger partial charge in [-0.25, -0.2) is 4.39 Å². The molecule has 0 spiro atoms. The standard InChI is InChI=1S/C34H44FN3O4/c1-6-13-38(14-7-2)34(41)28-16-23(3)15-27(20-28)33(40)37-31(19-25-11-12-30(35)24(4)17-25)32(39)22-36-21-26-9-8-10-29(18-26)42-5/h8-12,15-18,20,31-32,36,39H,6-7,13-14,19,21-22H2,1-5H3,(H,37,40)/t31-,32+/m0/s1. The highest BCUT2D eigenvalue weighted by atomic mass is 19.1. The van der Waals surface area contributed by atoms with Crippen LogP contribution in [0.15, 0.2) is 60.7 Å². The van der Waals surface area contributed by atoms with Gasteiger partial charge in [0.1, 0.15) is 11.6 Å². The Morgan fingerprint density at radius 2 is 1.67 bits per heavy atom. The van der Waals surface area contributed by atoms with Crippen molar-refractivity contribution in [2.45, 2.75) is 65.6 Å². The normalized spacial score (nSPS) is 12.5. The largest absolute Gasteiger partial charge is 0.497 e. The molecule has 3 aromatic carbocycles. The Labute approximate surface area is 249 Å². The fraction of sp³-hybridized carbons (Fsp3) is 0.412. The molecule has 0 saturated heterocycles. The fourth-order valence-corrected chi connectivity index (χ4v) is 4.99. The number of rotatable bonds is 15. The second kappa shape index (κ2) is 16.0. The zero-order valence-corrected chi connectivity index (χ0v) is 25.4. The van der Waals surface area contributed by atoms with Gasteiger partial charge in [-0.1, -0.05) is 38.1 Å². The first-order valence-corrected chi connectivity index (χ1v) is 14.6. The molecule has 2 atom stereocenters. The van der Waals surface area contributed by atoms with E-state index in [2.05, 4.69) is 10.6 Å². The quantitative estimate of drug-likeness (QED) is 0.231. The second-order valence-corrected chi connectivity index (χ2v) is 10.8. The maximum atomic E-state index is 13.9. The summed E-state index contributed by atoms with van der Waals surface area (Å²) in [5, 5.41) is 17.5. The smallest absolute Gasteiger partial charge is 0.253 e. The number of halogens is 1. The number of carbonyl (C=O) groups is 2. The topological polar surface area (TPSA) is 90.9 Å². The van der Waals surface area contributed by atoms with Gasteiger partial charge in [0.15, 0.2) is 0 Å². The molecule has 0 radical (unpaired) electrons. The van der Waals surface area contributed by atoms with Gasteiger partial charge in [0.2, 0.25) is 0 Å². The number of ether oxygens (including phenoxy) is 1. The Hall–Kier alpha value is -3.75. The number of nitrogens with zero attached hydrogens (tertiary/aromatic N) is 1. The van der Waals surface area contributed by atoms with E-state index >= 15 is 0 Å². The lowest BCUT2D eigenvalue weighted by atomic mass is 9.98. The van der Waals surface area contributed by atoms with Crippen LogP contribution < -0.4 is 15.4 Å². The van der Waals surface area contributed by atoms with E-state index in [0.717, 1.165) is 35.3 Å². The number of carbonyl (C=O) groups excluding carboxylic acids is 2. The van der Waals surface area contributed by atoms with Crippen LogP contribution in [0.4, 0.5) is 4.39 Å². The number of methoxy groups -OCH3 is 1. The molecule has 0 aliphatic heterocycles. The van der Waals surface area contributed by atoms with E-state index in [1.807, 2.05) is 49.9 Å². The molecular formula is C34H44FN3O4. The minimum Gasteiger partial charge on any atom is -0.497 e. The number of hydrogen-bond acceptors (Lipinski definition) is 5. The van der Waals surface area contributed by atoms with E-state index in [1.165, 1.54) is 6.07 Å². The number of benzene rings is 3. The zero-order chi connectivity index (χ0) is 30.6. The van der Waals surface area contributed by atoms with Crippen LogP contribution in [0.3, 0.4) is 0 Å². The van der Waals surface area contributed by atoms with E-state index in [9.17, 15) is 19.1 Å². The molecule has 3 rings (SSSR count). The first-order valence-electron chi connectivity index (χ1n) is 14.6. The van der Waals surface area contributed by atoms with Crippen LogP contribution in [-0.2, 0) is 13.0 Å². The Balaban J connectivity index is 1.80. The lowest BCUT2D eigenvalue weighted by Gasteiger charge is -2.26. The number of aliphatic hydroxyl groups is 1. The van der Waals surface area contributed by atoms with Crippen LogP contribution in [0.2, 0.25) is 0 Å². The molecule has 3 N–H and O–H groups in total. The van der Waals surface area contributed by atoms with Crippen molar-refractivity contribution in [2.24, 2.45) is 0 Å². The summed E-state index contributed by atoms with van der Waals surface area (Å²) < 4.78 is 19.2. The van der Waals surface area contributed by atoms with Crippen LogP contribution in [-0.4, -0.2) is 60.7 Å². The number of amides is 2. The molecular weight excluding hydrogens is 533 g/mol. The van der Waals surface area contributed by atoms with Crippen molar-refractivity contribution in [3.8, 4) is 5.75 Å². The Bertz CT molecular complexity index is 1340. The van der Waals surface area contributed by atoms with Crippen molar-refractivity contribution >= 4 is 11.8 Å². The molecule has 0 aliphatic carbocycles. The van der Waals surface area contributed by atoms with Crippen molar-refractivity contribution in [3.63, 3.8) is 0 Å². The maximum Gasteiger partial charge on any atom is 0.253 e. The molecule has 0 unspecified atom stereocenters. The summed E-state index contributed by atoms with van der Waals surface area (Å²) in [6.45, 7) is 9.61. The lowest BCUT2D eigenvalue weighted by molar-refractivity contribution is 0.0755.